The second-order valence-electron chi connectivity index (χ2n) is 8.02. The molecule has 0 aliphatic carbocycles. The van der Waals surface area contributed by atoms with Gasteiger partial charge in [0.25, 0.3) is 0 Å². The molecule has 7 nitrogen and oxygen atoms in total. The Bertz CT molecular complexity index is 895. The average molecular weight is 444 g/mol. The molecular weight excluding hydrogens is 414 g/mol. The van der Waals surface area contributed by atoms with Crippen molar-refractivity contribution < 1.29 is 9.59 Å². The number of carbonyl (C=O) groups is 2. The largest absolute Gasteiger partial charge is 0.378 e. The zero-order valence-corrected chi connectivity index (χ0v) is 19.0. The predicted molar refractivity (Wildman–Crippen MR) is 126 cm³/mol. The fourth-order valence-electron chi connectivity index (χ4n) is 3.61. The molecule has 1 aliphatic rings. The molecule has 0 unspecified atom stereocenters. The number of hydrogen-bond donors (Lipinski definition) is 2. The van der Waals surface area contributed by atoms with Crippen molar-refractivity contribution in [1.82, 2.24) is 15.1 Å². The van der Waals surface area contributed by atoms with E-state index in [9.17, 15) is 9.59 Å². The van der Waals surface area contributed by atoms with Crippen LogP contribution in [0.3, 0.4) is 0 Å². The molecule has 166 valence electrons. The molecule has 0 aromatic heterocycles. The van der Waals surface area contributed by atoms with Crippen LogP contribution >= 0.6 is 11.6 Å². The van der Waals surface area contributed by atoms with Crippen molar-refractivity contribution in [3.63, 3.8) is 0 Å². The highest BCUT2D eigenvalue weighted by Gasteiger charge is 2.25. The molecule has 1 aliphatic heterocycles. The first-order chi connectivity index (χ1) is 14.8. The van der Waals surface area contributed by atoms with Gasteiger partial charge in [0.2, 0.25) is 0 Å². The number of hydrogen-bond acceptors (Lipinski definition) is 5. The van der Waals surface area contributed by atoms with E-state index in [1.54, 1.807) is 24.3 Å². The van der Waals surface area contributed by atoms with E-state index in [0.29, 0.717) is 17.3 Å². The van der Waals surface area contributed by atoms with Gasteiger partial charge in [-0.15, -0.1) is 0 Å². The lowest BCUT2D eigenvalue weighted by Gasteiger charge is -2.38. The number of nitrogens with zero attached hydrogens (tertiary/aromatic N) is 3. The smallest absolute Gasteiger partial charge is 0.313 e. The van der Waals surface area contributed by atoms with Crippen molar-refractivity contribution >= 4 is 34.8 Å². The van der Waals surface area contributed by atoms with Crippen LogP contribution in [-0.2, 0) is 9.59 Å². The van der Waals surface area contributed by atoms with Gasteiger partial charge >= 0.3 is 11.8 Å². The molecule has 2 aromatic rings. The third kappa shape index (κ3) is 6.43. The van der Waals surface area contributed by atoms with Gasteiger partial charge in [-0.1, -0.05) is 29.8 Å². The molecule has 3 rings (SSSR count). The van der Waals surface area contributed by atoms with Gasteiger partial charge < -0.3 is 20.4 Å². The van der Waals surface area contributed by atoms with Gasteiger partial charge in [-0.25, -0.2) is 0 Å². The third-order valence-corrected chi connectivity index (χ3v) is 5.75. The van der Waals surface area contributed by atoms with E-state index in [4.69, 9.17) is 11.6 Å². The van der Waals surface area contributed by atoms with Crippen LogP contribution in [0.15, 0.2) is 48.5 Å². The van der Waals surface area contributed by atoms with Gasteiger partial charge in [-0.05, 0) is 42.9 Å². The Kier molecular flexibility index (Phi) is 7.90. The van der Waals surface area contributed by atoms with Gasteiger partial charge in [0.15, 0.2) is 0 Å². The molecule has 0 radical (unpaired) electrons. The minimum absolute atomic E-state index is 0.00664. The number of nitrogens with one attached hydrogen (secondary N) is 2. The SMILES string of the molecule is CN1CCN([C@H](CNC(=O)C(=O)Nc2cccc(Cl)c2)c2ccc(N(C)C)cc2)CC1. The molecule has 0 spiro atoms. The fraction of sp³-hybridized carbons (Fsp3) is 0.391. The molecule has 8 heteroatoms. The number of benzene rings is 2. The van der Waals surface area contributed by atoms with Crippen LogP contribution in [0, 0.1) is 0 Å². The number of carbonyl (C=O) groups excluding carboxylic acids is 2. The first-order valence-corrected chi connectivity index (χ1v) is 10.8. The Labute approximate surface area is 189 Å². The lowest BCUT2D eigenvalue weighted by molar-refractivity contribution is -0.136. The molecule has 2 amide bonds. The molecule has 1 atom stereocenters. The van der Waals surface area contributed by atoms with E-state index in [1.807, 2.05) is 14.1 Å². The van der Waals surface area contributed by atoms with Gasteiger partial charge in [-0.3, -0.25) is 14.5 Å². The summed E-state index contributed by atoms with van der Waals surface area (Å²) in [5, 5.41) is 5.90. The van der Waals surface area contributed by atoms with Crippen molar-refractivity contribution in [2.75, 3.05) is 64.1 Å². The van der Waals surface area contributed by atoms with Crippen LogP contribution < -0.4 is 15.5 Å². The Morgan fingerprint density at radius 3 is 2.32 bits per heavy atom. The maximum Gasteiger partial charge on any atom is 0.313 e. The number of piperazine rings is 1. The molecule has 1 fully saturated rings. The van der Waals surface area contributed by atoms with E-state index >= 15 is 0 Å². The van der Waals surface area contributed by atoms with Crippen molar-refractivity contribution in [3.05, 3.63) is 59.1 Å². The van der Waals surface area contributed by atoms with E-state index in [0.717, 1.165) is 37.4 Å². The maximum absolute atomic E-state index is 12.5. The zero-order valence-electron chi connectivity index (χ0n) is 18.3. The molecular formula is C23H30ClN5O2. The molecule has 2 N–H and O–H groups in total. The van der Waals surface area contributed by atoms with Crippen LogP contribution in [0.25, 0.3) is 0 Å². The minimum atomic E-state index is -0.706. The second-order valence-corrected chi connectivity index (χ2v) is 8.45. The van der Waals surface area contributed by atoms with E-state index < -0.39 is 11.8 Å². The first kappa shape index (κ1) is 23.1. The van der Waals surface area contributed by atoms with Crippen LogP contribution in [-0.4, -0.2) is 75.5 Å². The summed E-state index contributed by atoms with van der Waals surface area (Å²) in [6.45, 7) is 4.10. The summed E-state index contributed by atoms with van der Waals surface area (Å²) in [4.78, 5) is 31.5. The Morgan fingerprint density at radius 1 is 1.03 bits per heavy atom. The van der Waals surface area contributed by atoms with Crippen molar-refractivity contribution in [1.29, 1.82) is 0 Å². The molecule has 2 aromatic carbocycles. The summed E-state index contributed by atoms with van der Waals surface area (Å²) in [6.07, 6.45) is 0. The van der Waals surface area contributed by atoms with Gasteiger partial charge in [0.1, 0.15) is 0 Å². The fourth-order valence-corrected chi connectivity index (χ4v) is 3.80. The van der Waals surface area contributed by atoms with Crippen molar-refractivity contribution in [2.45, 2.75) is 6.04 Å². The van der Waals surface area contributed by atoms with Crippen LogP contribution in [0.4, 0.5) is 11.4 Å². The quantitative estimate of drug-likeness (QED) is 0.671. The topological polar surface area (TPSA) is 67.9 Å². The average Bonchev–Trinajstić information content (AvgIpc) is 2.75. The zero-order chi connectivity index (χ0) is 22.4. The highest BCUT2D eigenvalue weighted by Crippen LogP contribution is 2.24. The lowest BCUT2D eigenvalue weighted by atomic mass is 10.0. The molecule has 0 saturated carbocycles. The summed E-state index contributed by atoms with van der Waals surface area (Å²) in [5.41, 5.74) is 2.72. The van der Waals surface area contributed by atoms with Gasteiger partial charge in [0, 0.05) is 63.2 Å². The summed E-state index contributed by atoms with van der Waals surface area (Å²) in [5.74, 6) is -1.37. The monoisotopic (exact) mass is 443 g/mol. The molecule has 0 bridgehead atoms. The van der Waals surface area contributed by atoms with E-state index in [2.05, 4.69) is 56.6 Å². The normalized spacial score (nSPS) is 15.9. The summed E-state index contributed by atoms with van der Waals surface area (Å²) < 4.78 is 0. The summed E-state index contributed by atoms with van der Waals surface area (Å²) >= 11 is 5.94. The number of likely N-dealkylation sites (N-methyl/N-ethyl adjacent to an activating group) is 1. The molecule has 1 saturated heterocycles. The lowest BCUT2D eigenvalue weighted by Crippen LogP contribution is -2.49. The highest BCUT2D eigenvalue weighted by atomic mass is 35.5. The summed E-state index contributed by atoms with van der Waals surface area (Å²) in [7, 11) is 6.12. The van der Waals surface area contributed by atoms with Crippen LogP contribution in [0.1, 0.15) is 11.6 Å². The highest BCUT2D eigenvalue weighted by molar-refractivity contribution is 6.39. The third-order valence-electron chi connectivity index (χ3n) is 5.52. The molecule has 1 heterocycles. The predicted octanol–water partition coefficient (Wildman–Crippen LogP) is 2.45. The van der Waals surface area contributed by atoms with Crippen molar-refractivity contribution in [3.8, 4) is 0 Å². The number of halogens is 1. The van der Waals surface area contributed by atoms with E-state index in [-0.39, 0.29) is 6.04 Å². The summed E-state index contributed by atoms with van der Waals surface area (Å²) in [6, 6.07) is 15.1. The maximum atomic E-state index is 12.5. The minimum Gasteiger partial charge on any atom is -0.378 e. The van der Waals surface area contributed by atoms with Crippen LogP contribution in [0.5, 0.6) is 0 Å². The Hall–Kier alpha value is -2.61. The van der Waals surface area contributed by atoms with Gasteiger partial charge in [0.05, 0.1) is 6.04 Å². The van der Waals surface area contributed by atoms with Crippen molar-refractivity contribution in [2.24, 2.45) is 0 Å². The van der Waals surface area contributed by atoms with Crippen LogP contribution in [0.2, 0.25) is 5.02 Å². The number of rotatable bonds is 6. The van der Waals surface area contributed by atoms with E-state index in [1.165, 1.54) is 0 Å². The number of anilines is 2. The first-order valence-electron chi connectivity index (χ1n) is 10.4. The standard InChI is InChI=1S/C23H30ClN5O2/c1-27(2)20-9-7-17(8-10-20)21(29-13-11-28(3)12-14-29)16-25-22(30)23(31)26-19-6-4-5-18(24)15-19/h4-10,15,21H,11-14,16H2,1-3H3,(H,25,30)(H,26,31)/t21-/m1/s1. The Morgan fingerprint density at radius 2 is 1.71 bits per heavy atom. The number of amides is 2. The van der Waals surface area contributed by atoms with Gasteiger partial charge in [-0.2, -0.15) is 0 Å². The Balaban J connectivity index is 1.67. The second kappa shape index (κ2) is 10.6. The molecule has 31 heavy (non-hydrogen) atoms.